The van der Waals surface area contributed by atoms with Crippen molar-refractivity contribution in [2.45, 2.75) is 43.4 Å². The first-order valence-electron chi connectivity index (χ1n) is 9.62. The van der Waals surface area contributed by atoms with E-state index in [2.05, 4.69) is 12.2 Å². The number of thioether (sulfide) groups is 1. The van der Waals surface area contributed by atoms with Crippen molar-refractivity contribution < 1.29 is 14.3 Å². The number of benzene rings is 2. The lowest BCUT2D eigenvalue weighted by Gasteiger charge is -2.32. The van der Waals surface area contributed by atoms with Crippen LogP contribution in [0.2, 0.25) is 0 Å². The summed E-state index contributed by atoms with van der Waals surface area (Å²) in [6, 6.07) is 15.6. The molecule has 1 aliphatic rings. The number of hydrogen-bond acceptors (Lipinski definition) is 4. The standard InChI is InChI=1S/C22H26N2O3S/c1-3-27-19-10-6-4-8-17(19)14-23-21(25)12-13-22(26)24-15-16(2)28-20-11-7-5-9-18(20)24/h4-11,16H,3,12-15H2,1-2H3,(H,23,25)/t16-/m0/s1. The van der Waals surface area contributed by atoms with Crippen molar-refractivity contribution in [1.82, 2.24) is 5.32 Å². The number of carbonyl (C=O) groups excluding carboxylic acids is 2. The molecule has 0 aliphatic carbocycles. The Hall–Kier alpha value is -2.47. The van der Waals surface area contributed by atoms with E-state index in [4.69, 9.17) is 4.74 Å². The topological polar surface area (TPSA) is 58.6 Å². The molecule has 1 aliphatic heterocycles. The Morgan fingerprint density at radius 2 is 1.89 bits per heavy atom. The van der Waals surface area contributed by atoms with Crippen molar-refractivity contribution in [3.63, 3.8) is 0 Å². The minimum absolute atomic E-state index is 0.00975. The maximum absolute atomic E-state index is 12.7. The molecule has 5 nitrogen and oxygen atoms in total. The fourth-order valence-electron chi connectivity index (χ4n) is 3.21. The molecule has 0 spiro atoms. The number of nitrogens with zero attached hydrogens (tertiary/aromatic N) is 1. The van der Waals surface area contributed by atoms with Crippen LogP contribution in [0.25, 0.3) is 0 Å². The number of para-hydroxylation sites is 2. The molecule has 2 amide bonds. The molecule has 3 rings (SSSR count). The molecular formula is C22H26N2O3S. The van der Waals surface area contributed by atoms with Crippen LogP contribution in [0.1, 0.15) is 32.3 Å². The Labute approximate surface area is 170 Å². The molecule has 0 bridgehead atoms. The lowest BCUT2D eigenvalue weighted by Crippen LogP contribution is -2.39. The van der Waals surface area contributed by atoms with E-state index in [1.165, 1.54) is 0 Å². The predicted octanol–water partition coefficient (Wildman–Crippen LogP) is 4.01. The van der Waals surface area contributed by atoms with Gasteiger partial charge in [-0.15, -0.1) is 11.8 Å². The van der Waals surface area contributed by atoms with Crippen molar-refractivity contribution in [1.29, 1.82) is 0 Å². The molecule has 1 heterocycles. The Morgan fingerprint density at radius 3 is 2.71 bits per heavy atom. The number of ether oxygens (including phenoxy) is 1. The quantitative estimate of drug-likeness (QED) is 0.766. The van der Waals surface area contributed by atoms with Gasteiger partial charge < -0.3 is 15.0 Å². The second-order valence-electron chi connectivity index (χ2n) is 6.72. The molecule has 2 aromatic carbocycles. The zero-order valence-corrected chi connectivity index (χ0v) is 17.1. The van der Waals surface area contributed by atoms with E-state index in [0.29, 0.717) is 24.9 Å². The highest BCUT2D eigenvalue weighted by Gasteiger charge is 2.26. The molecule has 0 radical (unpaired) electrons. The number of nitrogens with one attached hydrogen (secondary N) is 1. The Balaban J connectivity index is 1.53. The third-order valence-corrected chi connectivity index (χ3v) is 5.69. The van der Waals surface area contributed by atoms with Crippen molar-refractivity contribution >= 4 is 29.3 Å². The third-order valence-electron chi connectivity index (χ3n) is 4.54. The average molecular weight is 399 g/mol. The molecule has 6 heteroatoms. The number of amides is 2. The smallest absolute Gasteiger partial charge is 0.227 e. The predicted molar refractivity (Wildman–Crippen MR) is 113 cm³/mol. The molecule has 0 fully saturated rings. The van der Waals surface area contributed by atoms with Gasteiger partial charge in [-0.3, -0.25) is 9.59 Å². The first kappa shape index (κ1) is 20.3. The molecule has 2 aromatic rings. The summed E-state index contributed by atoms with van der Waals surface area (Å²) in [4.78, 5) is 27.9. The molecule has 148 valence electrons. The first-order chi connectivity index (χ1) is 13.6. The van der Waals surface area contributed by atoms with Crippen LogP contribution in [0.15, 0.2) is 53.4 Å². The lowest BCUT2D eigenvalue weighted by molar-refractivity contribution is -0.125. The first-order valence-corrected chi connectivity index (χ1v) is 10.5. The molecule has 1 atom stereocenters. The Kier molecular flexibility index (Phi) is 6.98. The molecule has 0 saturated heterocycles. The molecule has 28 heavy (non-hydrogen) atoms. The Bertz CT molecular complexity index is 840. The SMILES string of the molecule is CCOc1ccccc1CNC(=O)CCC(=O)N1C[C@H](C)Sc2ccccc21. The van der Waals surface area contributed by atoms with Gasteiger partial charge in [0.15, 0.2) is 0 Å². The molecule has 0 unspecified atom stereocenters. The van der Waals surface area contributed by atoms with Crippen LogP contribution in [0.5, 0.6) is 5.75 Å². The minimum Gasteiger partial charge on any atom is -0.494 e. The highest BCUT2D eigenvalue weighted by Crippen LogP contribution is 2.38. The normalized spacial score (nSPS) is 15.6. The summed E-state index contributed by atoms with van der Waals surface area (Å²) in [6.07, 6.45) is 0.375. The summed E-state index contributed by atoms with van der Waals surface area (Å²) in [7, 11) is 0. The second-order valence-corrected chi connectivity index (χ2v) is 8.20. The molecule has 0 saturated carbocycles. The highest BCUT2D eigenvalue weighted by atomic mass is 32.2. The van der Waals surface area contributed by atoms with Gasteiger partial charge in [0.05, 0.1) is 12.3 Å². The fourth-order valence-corrected chi connectivity index (χ4v) is 4.32. The number of carbonyl (C=O) groups is 2. The average Bonchev–Trinajstić information content (AvgIpc) is 2.71. The minimum atomic E-state index is -0.132. The van der Waals surface area contributed by atoms with Crippen molar-refractivity contribution in [2.24, 2.45) is 0 Å². The zero-order chi connectivity index (χ0) is 19.9. The van der Waals surface area contributed by atoms with E-state index in [0.717, 1.165) is 21.9 Å². The highest BCUT2D eigenvalue weighted by molar-refractivity contribution is 8.00. The van der Waals surface area contributed by atoms with Gasteiger partial charge >= 0.3 is 0 Å². The van der Waals surface area contributed by atoms with E-state index in [1.54, 1.807) is 11.8 Å². The number of rotatable bonds is 7. The van der Waals surface area contributed by atoms with E-state index < -0.39 is 0 Å². The molecule has 1 N–H and O–H groups in total. The van der Waals surface area contributed by atoms with Crippen LogP contribution in [-0.4, -0.2) is 30.2 Å². The van der Waals surface area contributed by atoms with Gasteiger partial charge in [-0.05, 0) is 25.1 Å². The van der Waals surface area contributed by atoms with Gasteiger partial charge in [-0.1, -0.05) is 37.3 Å². The van der Waals surface area contributed by atoms with Crippen LogP contribution in [0.4, 0.5) is 5.69 Å². The summed E-state index contributed by atoms with van der Waals surface area (Å²) >= 11 is 1.78. The maximum Gasteiger partial charge on any atom is 0.227 e. The summed E-state index contributed by atoms with van der Waals surface area (Å²) in [5.41, 5.74) is 1.88. The van der Waals surface area contributed by atoms with Crippen LogP contribution in [-0.2, 0) is 16.1 Å². The van der Waals surface area contributed by atoms with Crippen LogP contribution >= 0.6 is 11.8 Å². The summed E-state index contributed by atoms with van der Waals surface area (Å²) in [6.45, 7) is 5.68. The maximum atomic E-state index is 12.7. The van der Waals surface area contributed by atoms with Gasteiger partial charge in [0.25, 0.3) is 0 Å². The van der Waals surface area contributed by atoms with Crippen LogP contribution < -0.4 is 15.0 Å². The summed E-state index contributed by atoms with van der Waals surface area (Å²) in [5, 5.41) is 3.23. The van der Waals surface area contributed by atoms with Crippen LogP contribution in [0, 0.1) is 0 Å². The lowest BCUT2D eigenvalue weighted by atomic mass is 10.2. The number of fused-ring (bicyclic) bond motifs is 1. The van der Waals surface area contributed by atoms with Gasteiger partial charge in [0.1, 0.15) is 5.75 Å². The van der Waals surface area contributed by atoms with Crippen molar-refractivity contribution in [3.05, 3.63) is 54.1 Å². The van der Waals surface area contributed by atoms with E-state index >= 15 is 0 Å². The van der Waals surface area contributed by atoms with Gasteiger partial charge in [0, 0.05) is 41.6 Å². The summed E-state index contributed by atoms with van der Waals surface area (Å²) < 4.78 is 5.58. The third kappa shape index (κ3) is 5.07. The Morgan fingerprint density at radius 1 is 1.14 bits per heavy atom. The summed E-state index contributed by atoms with van der Waals surface area (Å²) in [5.74, 6) is 0.634. The van der Waals surface area contributed by atoms with E-state index in [9.17, 15) is 9.59 Å². The van der Waals surface area contributed by atoms with Crippen molar-refractivity contribution in [2.75, 3.05) is 18.1 Å². The molecular weight excluding hydrogens is 372 g/mol. The van der Waals surface area contributed by atoms with E-state index in [-0.39, 0.29) is 24.7 Å². The molecule has 0 aromatic heterocycles. The number of hydrogen-bond donors (Lipinski definition) is 1. The monoisotopic (exact) mass is 398 g/mol. The fraction of sp³-hybridized carbons (Fsp3) is 0.364. The second kappa shape index (κ2) is 9.64. The van der Waals surface area contributed by atoms with Crippen LogP contribution in [0.3, 0.4) is 0 Å². The number of anilines is 1. The largest absolute Gasteiger partial charge is 0.494 e. The van der Waals surface area contributed by atoms with E-state index in [1.807, 2.05) is 60.4 Å². The zero-order valence-electron chi connectivity index (χ0n) is 16.3. The van der Waals surface area contributed by atoms with Crippen molar-refractivity contribution in [3.8, 4) is 5.75 Å². The van der Waals surface area contributed by atoms with Gasteiger partial charge in [0.2, 0.25) is 11.8 Å². The van der Waals surface area contributed by atoms with Gasteiger partial charge in [-0.2, -0.15) is 0 Å². The van der Waals surface area contributed by atoms with Gasteiger partial charge in [-0.25, -0.2) is 0 Å².